The molecule has 2 aliphatic carbocycles. The summed E-state index contributed by atoms with van der Waals surface area (Å²) in [6, 6.07) is 0. The van der Waals surface area contributed by atoms with Crippen molar-refractivity contribution in [2.45, 2.75) is 32.1 Å². The molecule has 2 rings (SSSR count). The van der Waals surface area contributed by atoms with Gasteiger partial charge in [0.1, 0.15) is 0 Å². The molecule has 0 amide bonds. The Hall–Kier alpha value is -1.29. The molecule has 0 N–H and O–H groups in total. The molecule has 0 atom stereocenters. The summed E-state index contributed by atoms with van der Waals surface area (Å²) < 4.78 is 12.8. The third-order valence-electron chi connectivity index (χ3n) is 3.04. The topological polar surface area (TPSA) is 0 Å². The Bertz CT molecular complexity index is 380. The smallest absolute Gasteiger partial charge is 0.173 e. The van der Waals surface area contributed by atoms with E-state index in [9.17, 15) is 4.39 Å². The zero-order valence-electron chi connectivity index (χ0n) is 8.80. The van der Waals surface area contributed by atoms with Gasteiger partial charge in [0.25, 0.3) is 0 Å². The van der Waals surface area contributed by atoms with E-state index < -0.39 is 0 Å². The fourth-order valence-corrected chi connectivity index (χ4v) is 2.21. The molecule has 0 aromatic heterocycles. The van der Waals surface area contributed by atoms with E-state index in [0.717, 1.165) is 0 Å². The standard InChI is InChI=1S/C14H15F/c15-14-10-4-8-13(9-5-11-14)12-6-2-1-3-7-12/h4,8-10,12H,1-3,6-7H2/b8-4?,10-4?,13-8+,13-9?,14-10?. The lowest BCUT2D eigenvalue weighted by Gasteiger charge is -2.22. The first-order valence-corrected chi connectivity index (χ1v) is 5.62. The quantitative estimate of drug-likeness (QED) is 0.558. The normalized spacial score (nSPS) is 25.4. The van der Waals surface area contributed by atoms with E-state index in [2.05, 4.69) is 11.5 Å². The molecule has 1 heteroatoms. The van der Waals surface area contributed by atoms with Gasteiger partial charge in [-0.25, -0.2) is 0 Å². The molecule has 0 nitrogen and oxygen atoms in total. The van der Waals surface area contributed by atoms with Crippen molar-refractivity contribution in [2.75, 3.05) is 0 Å². The fourth-order valence-electron chi connectivity index (χ4n) is 2.21. The predicted octanol–water partition coefficient (Wildman–Crippen LogP) is 4.23. The summed E-state index contributed by atoms with van der Waals surface area (Å²) >= 11 is 0. The van der Waals surface area contributed by atoms with Crippen molar-refractivity contribution < 1.29 is 4.39 Å². The lowest BCUT2D eigenvalue weighted by atomic mass is 9.83. The Morgan fingerprint density at radius 2 is 2.00 bits per heavy atom. The molecule has 2 aliphatic rings. The van der Waals surface area contributed by atoms with Gasteiger partial charge in [-0.3, -0.25) is 0 Å². The molecule has 0 unspecified atom stereocenters. The summed E-state index contributed by atoms with van der Waals surface area (Å²) in [7, 11) is 0. The second-order valence-corrected chi connectivity index (χ2v) is 4.12. The van der Waals surface area contributed by atoms with Gasteiger partial charge in [0, 0.05) is 0 Å². The lowest BCUT2D eigenvalue weighted by Crippen LogP contribution is -2.07. The van der Waals surface area contributed by atoms with Crippen molar-refractivity contribution in [1.29, 1.82) is 0 Å². The number of allylic oxidation sites excluding steroid dienone is 6. The highest BCUT2D eigenvalue weighted by Crippen LogP contribution is 2.30. The molecule has 0 spiro atoms. The second kappa shape index (κ2) is 4.98. The van der Waals surface area contributed by atoms with Gasteiger partial charge in [0.05, 0.1) is 0 Å². The van der Waals surface area contributed by atoms with Gasteiger partial charge in [-0.1, -0.05) is 37.1 Å². The number of hydrogen-bond acceptors (Lipinski definition) is 0. The summed E-state index contributed by atoms with van der Waals surface area (Å²) in [6.07, 6.45) is 13.6. The van der Waals surface area contributed by atoms with E-state index in [1.54, 1.807) is 6.08 Å². The van der Waals surface area contributed by atoms with Gasteiger partial charge in [0.2, 0.25) is 0 Å². The molecule has 0 radical (unpaired) electrons. The van der Waals surface area contributed by atoms with Crippen LogP contribution in [0.3, 0.4) is 0 Å². The zero-order valence-corrected chi connectivity index (χ0v) is 8.80. The largest absolute Gasteiger partial charge is 0.197 e. The second-order valence-electron chi connectivity index (χ2n) is 4.12. The number of halogens is 1. The van der Waals surface area contributed by atoms with E-state index in [0.29, 0.717) is 5.92 Å². The predicted molar refractivity (Wildman–Crippen MR) is 60.0 cm³/mol. The molecule has 15 heavy (non-hydrogen) atoms. The average Bonchev–Trinajstić information content (AvgIpc) is 2.24. The Labute approximate surface area is 90.2 Å². The van der Waals surface area contributed by atoms with E-state index in [1.165, 1.54) is 43.8 Å². The van der Waals surface area contributed by atoms with Gasteiger partial charge < -0.3 is 0 Å². The Morgan fingerprint density at radius 1 is 1.20 bits per heavy atom. The van der Waals surface area contributed by atoms with Gasteiger partial charge in [-0.05, 0) is 42.2 Å². The minimum absolute atomic E-state index is 0.356. The first-order chi connectivity index (χ1) is 7.36. The van der Waals surface area contributed by atoms with Crippen LogP contribution < -0.4 is 0 Å². The van der Waals surface area contributed by atoms with Gasteiger partial charge in [-0.2, -0.15) is 4.39 Å². The summed E-state index contributed by atoms with van der Waals surface area (Å²) in [5, 5.41) is 0. The third kappa shape index (κ3) is 2.83. The molecule has 0 aliphatic heterocycles. The first-order valence-electron chi connectivity index (χ1n) is 5.62. The van der Waals surface area contributed by atoms with Crippen LogP contribution in [0.15, 0.2) is 47.2 Å². The molecule has 0 aromatic rings. The van der Waals surface area contributed by atoms with E-state index >= 15 is 0 Å². The summed E-state index contributed by atoms with van der Waals surface area (Å²) in [5.74, 6) is 0.282. The van der Waals surface area contributed by atoms with Crippen LogP contribution in [0.5, 0.6) is 0 Å². The van der Waals surface area contributed by atoms with Crippen molar-refractivity contribution in [3.05, 3.63) is 47.2 Å². The summed E-state index contributed by atoms with van der Waals surface area (Å²) in [4.78, 5) is 0. The fraction of sp³-hybridized carbons (Fsp3) is 0.429. The molecular weight excluding hydrogens is 187 g/mol. The minimum Gasteiger partial charge on any atom is -0.197 e. The van der Waals surface area contributed by atoms with Crippen LogP contribution in [0, 0.1) is 5.92 Å². The highest BCUT2D eigenvalue weighted by molar-refractivity contribution is 5.30. The number of rotatable bonds is 1. The summed E-state index contributed by atoms with van der Waals surface area (Å²) in [5.41, 5.74) is 6.52. The van der Waals surface area contributed by atoms with Crippen LogP contribution in [-0.2, 0) is 0 Å². The van der Waals surface area contributed by atoms with Crippen molar-refractivity contribution in [3.63, 3.8) is 0 Å². The zero-order chi connectivity index (χ0) is 10.5. The van der Waals surface area contributed by atoms with E-state index in [1.807, 2.05) is 12.2 Å². The third-order valence-corrected chi connectivity index (χ3v) is 3.04. The molecule has 0 bridgehead atoms. The Kier molecular flexibility index (Phi) is 3.40. The Balaban J connectivity index is 2.19. The van der Waals surface area contributed by atoms with Crippen molar-refractivity contribution >= 4 is 0 Å². The highest BCUT2D eigenvalue weighted by atomic mass is 19.1. The average molecular weight is 202 g/mol. The number of hydrogen-bond donors (Lipinski definition) is 0. The molecule has 1 saturated carbocycles. The monoisotopic (exact) mass is 202 g/mol. The van der Waals surface area contributed by atoms with Gasteiger partial charge in [0.15, 0.2) is 5.83 Å². The molecule has 0 aromatic carbocycles. The van der Waals surface area contributed by atoms with Crippen LogP contribution in [0.4, 0.5) is 4.39 Å². The van der Waals surface area contributed by atoms with E-state index in [4.69, 9.17) is 0 Å². The maximum Gasteiger partial charge on any atom is 0.173 e. The molecule has 1 fully saturated rings. The Morgan fingerprint density at radius 3 is 2.80 bits per heavy atom. The van der Waals surface area contributed by atoms with Crippen LogP contribution in [0.2, 0.25) is 0 Å². The SMILES string of the molecule is FC1=C=C=C/C(C2CCCCC2)=C\C=C1. The van der Waals surface area contributed by atoms with Crippen LogP contribution in [0.25, 0.3) is 0 Å². The summed E-state index contributed by atoms with van der Waals surface area (Å²) in [6.45, 7) is 0. The van der Waals surface area contributed by atoms with Crippen molar-refractivity contribution in [3.8, 4) is 0 Å². The lowest BCUT2D eigenvalue weighted by molar-refractivity contribution is 0.408. The van der Waals surface area contributed by atoms with E-state index in [-0.39, 0.29) is 5.83 Å². The van der Waals surface area contributed by atoms with Crippen LogP contribution in [0.1, 0.15) is 32.1 Å². The van der Waals surface area contributed by atoms with Crippen molar-refractivity contribution in [2.24, 2.45) is 5.92 Å². The first kappa shape index (κ1) is 10.2. The van der Waals surface area contributed by atoms with Gasteiger partial charge in [-0.15, -0.1) is 0 Å². The maximum absolute atomic E-state index is 12.8. The molecule has 0 saturated heterocycles. The van der Waals surface area contributed by atoms with Crippen molar-refractivity contribution in [1.82, 2.24) is 0 Å². The highest BCUT2D eigenvalue weighted by Gasteiger charge is 2.15. The molecular formula is C14H15F. The van der Waals surface area contributed by atoms with Gasteiger partial charge >= 0.3 is 0 Å². The maximum atomic E-state index is 12.8. The van der Waals surface area contributed by atoms with Crippen LogP contribution >= 0.6 is 0 Å². The molecule has 78 valence electrons. The minimum atomic E-state index is -0.356. The molecule has 0 heterocycles. The van der Waals surface area contributed by atoms with Crippen LogP contribution in [-0.4, -0.2) is 0 Å².